The quantitative estimate of drug-likeness (QED) is 0.642. The first kappa shape index (κ1) is 17.3. The van der Waals surface area contributed by atoms with Gasteiger partial charge in [0.25, 0.3) is 10.0 Å². The molecular weight excluding hydrogens is 368 g/mol. The highest BCUT2D eigenvalue weighted by molar-refractivity contribution is 7.94. The van der Waals surface area contributed by atoms with Crippen LogP contribution in [0, 0.1) is 0 Å². The third kappa shape index (κ3) is 3.29. The molecule has 0 aliphatic heterocycles. The van der Waals surface area contributed by atoms with Crippen molar-refractivity contribution in [2.24, 2.45) is 0 Å². The van der Waals surface area contributed by atoms with E-state index in [2.05, 4.69) is 9.71 Å². The second kappa shape index (κ2) is 6.89. The zero-order valence-corrected chi connectivity index (χ0v) is 16.1. The first-order chi connectivity index (χ1) is 12.6. The number of aromatic nitrogens is 1. The number of oxazole rings is 1. The van der Waals surface area contributed by atoms with Crippen LogP contribution in [0.25, 0.3) is 10.6 Å². The van der Waals surface area contributed by atoms with E-state index >= 15 is 0 Å². The van der Waals surface area contributed by atoms with Gasteiger partial charge >= 0.3 is 0 Å². The van der Waals surface area contributed by atoms with Crippen molar-refractivity contribution in [2.45, 2.75) is 42.7 Å². The summed E-state index contributed by atoms with van der Waals surface area (Å²) in [6, 6.07) is 10.8. The number of anilines is 1. The number of nitrogens with zero attached hydrogens (tertiary/aromatic N) is 1. The third-order valence-electron chi connectivity index (χ3n) is 4.71. The van der Waals surface area contributed by atoms with E-state index in [0.29, 0.717) is 17.4 Å². The molecule has 0 saturated heterocycles. The Labute approximate surface area is 157 Å². The number of nitrogens with one attached hydrogen (secondary N) is 1. The number of hydrogen-bond donors (Lipinski definition) is 1. The van der Waals surface area contributed by atoms with E-state index in [1.165, 1.54) is 17.8 Å². The number of rotatable bonds is 6. The smallest absolute Gasteiger partial charge is 0.271 e. The van der Waals surface area contributed by atoms with Crippen LogP contribution in [0.15, 0.2) is 51.2 Å². The molecule has 136 valence electrons. The maximum Gasteiger partial charge on any atom is 0.271 e. The number of sulfonamides is 1. The van der Waals surface area contributed by atoms with Gasteiger partial charge < -0.3 is 4.42 Å². The molecule has 1 N–H and O–H groups in total. The van der Waals surface area contributed by atoms with Crippen molar-refractivity contribution in [3.8, 4) is 10.6 Å². The molecule has 2 heterocycles. The van der Waals surface area contributed by atoms with Crippen LogP contribution >= 0.6 is 11.3 Å². The Kier molecular flexibility index (Phi) is 4.58. The second-order valence-electron chi connectivity index (χ2n) is 6.43. The van der Waals surface area contributed by atoms with E-state index in [4.69, 9.17) is 4.42 Å². The second-order valence-corrected chi connectivity index (χ2v) is 9.42. The molecule has 0 bridgehead atoms. The van der Waals surface area contributed by atoms with Crippen molar-refractivity contribution >= 4 is 27.0 Å². The van der Waals surface area contributed by atoms with Gasteiger partial charge in [-0.2, -0.15) is 0 Å². The topological polar surface area (TPSA) is 72.2 Å². The van der Waals surface area contributed by atoms with Crippen molar-refractivity contribution in [3.63, 3.8) is 0 Å². The van der Waals surface area contributed by atoms with Crippen molar-refractivity contribution in [1.82, 2.24) is 4.98 Å². The van der Waals surface area contributed by atoms with Gasteiger partial charge in [0.15, 0.2) is 11.7 Å². The van der Waals surface area contributed by atoms with Crippen molar-refractivity contribution < 1.29 is 12.8 Å². The van der Waals surface area contributed by atoms with Gasteiger partial charge in [0.2, 0.25) is 0 Å². The Bertz CT molecular complexity index is 1020. The SMILES string of the molecule is CCc1ccccc1NS(=O)(=O)c1ccc(-c2cnc(C3CCC3)o2)s1. The predicted molar refractivity (Wildman–Crippen MR) is 103 cm³/mol. The molecule has 0 amide bonds. The van der Waals surface area contributed by atoms with Crippen LogP contribution in [-0.4, -0.2) is 13.4 Å². The largest absolute Gasteiger partial charge is 0.440 e. The van der Waals surface area contributed by atoms with Crippen LogP contribution in [0.2, 0.25) is 0 Å². The first-order valence-corrected chi connectivity index (χ1v) is 11.0. The Morgan fingerprint density at radius 2 is 2.04 bits per heavy atom. The maximum absolute atomic E-state index is 12.7. The number of hydrogen-bond acceptors (Lipinski definition) is 5. The first-order valence-electron chi connectivity index (χ1n) is 8.73. The molecule has 1 aliphatic carbocycles. The number of aryl methyl sites for hydroxylation is 1. The molecule has 1 saturated carbocycles. The van der Waals surface area contributed by atoms with Gasteiger partial charge in [-0.25, -0.2) is 13.4 Å². The van der Waals surface area contributed by atoms with Crippen LogP contribution in [0.5, 0.6) is 0 Å². The van der Waals surface area contributed by atoms with Gasteiger partial charge in [-0.3, -0.25) is 4.72 Å². The molecule has 1 fully saturated rings. The van der Waals surface area contributed by atoms with Gasteiger partial charge in [-0.05, 0) is 43.0 Å². The van der Waals surface area contributed by atoms with Gasteiger partial charge in [0.1, 0.15) is 4.21 Å². The summed E-state index contributed by atoms with van der Waals surface area (Å²) in [5.74, 6) is 1.81. The summed E-state index contributed by atoms with van der Waals surface area (Å²) in [7, 11) is -3.63. The zero-order chi connectivity index (χ0) is 18.1. The van der Waals surface area contributed by atoms with Gasteiger partial charge in [-0.1, -0.05) is 31.5 Å². The molecule has 26 heavy (non-hydrogen) atoms. The van der Waals surface area contributed by atoms with Crippen LogP contribution in [0.1, 0.15) is 43.6 Å². The average molecular weight is 389 g/mol. The molecule has 0 spiro atoms. The minimum atomic E-state index is -3.63. The molecule has 4 rings (SSSR count). The summed E-state index contributed by atoms with van der Waals surface area (Å²) < 4.78 is 34.3. The lowest BCUT2D eigenvalue weighted by molar-refractivity contribution is 0.338. The van der Waals surface area contributed by atoms with Crippen molar-refractivity contribution in [1.29, 1.82) is 0 Å². The van der Waals surface area contributed by atoms with Crippen LogP contribution in [0.4, 0.5) is 5.69 Å². The fraction of sp³-hybridized carbons (Fsp3) is 0.316. The lowest BCUT2D eigenvalue weighted by Crippen LogP contribution is -2.12. The van der Waals surface area contributed by atoms with Gasteiger partial charge in [-0.15, -0.1) is 11.3 Å². The normalized spacial score (nSPS) is 15.0. The van der Waals surface area contributed by atoms with Crippen molar-refractivity contribution in [2.75, 3.05) is 4.72 Å². The minimum Gasteiger partial charge on any atom is -0.440 e. The number of benzene rings is 1. The fourth-order valence-electron chi connectivity index (χ4n) is 2.97. The predicted octanol–water partition coefficient (Wildman–Crippen LogP) is 5.03. The van der Waals surface area contributed by atoms with E-state index in [1.807, 2.05) is 25.1 Å². The van der Waals surface area contributed by atoms with E-state index in [9.17, 15) is 8.42 Å². The number of para-hydroxylation sites is 1. The lowest BCUT2D eigenvalue weighted by Gasteiger charge is -2.21. The summed E-state index contributed by atoms with van der Waals surface area (Å²) in [6.45, 7) is 2.00. The van der Waals surface area contributed by atoms with Crippen molar-refractivity contribution in [3.05, 3.63) is 54.0 Å². The number of thiophene rings is 1. The molecular formula is C19H20N2O3S2. The summed E-state index contributed by atoms with van der Waals surface area (Å²) in [6.07, 6.45) is 5.90. The fourth-order valence-corrected chi connectivity index (χ4v) is 5.32. The Morgan fingerprint density at radius 3 is 2.77 bits per heavy atom. The summed E-state index contributed by atoms with van der Waals surface area (Å²) in [5.41, 5.74) is 1.59. The highest BCUT2D eigenvalue weighted by Crippen LogP contribution is 2.39. The molecule has 1 aliphatic rings. The molecule has 2 aromatic heterocycles. The van der Waals surface area contributed by atoms with Crippen LogP contribution in [-0.2, 0) is 16.4 Å². The molecule has 1 aromatic carbocycles. The minimum absolute atomic E-state index is 0.264. The highest BCUT2D eigenvalue weighted by Gasteiger charge is 2.25. The Balaban J connectivity index is 1.57. The summed E-state index contributed by atoms with van der Waals surface area (Å²) in [4.78, 5) is 5.12. The highest BCUT2D eigenvalue weighted by atomic mass is 32.2. The molecule has 3 aromatic rings. The molecule has 5 nitrogen and oxygen atoms in total. The molecule has 0 radical (unpaired) electrons. The van der Waals surface area contributed by atoms with Crippen LogP contribution in [0.3, 0.4) is 0 Å². The monoisotopic (exact) mass is 388 g/mol. The third-order valence-corrected chi connectivity index (χ3v) is 7.67. The maximum atomic E-state index is 12.7. The van der Waals surface area contributed by atoms with Gasteiger partial charge in [0.05, 0.1) is 16.8 Å². The van der Waals surface area contributed by atoms with Gasteiger partial charge in [0, 0.05) is 5.92 Å². The van der Waals surface area contributed by atoms with E-state index < -0.39 is 10.0 Å². The Morgan fingerprint density at radius 1 is 1.23 bits per heavy atom. The van der Waals surface area contributed by atoms with E-state index in [-0.39, 0.29) is 4.21 Å². The standard InChI is InChI=1S/C19H20N2O3S2/c1-2-13-6-3-4-9-15(13)21-26(22,23)18-11-10-17(25-18)16-12-20-19(24-16)14-7-5-8-14/h3-4,6,9-12,14,21H,2,5,7-8H2,1H3. The van der Waals surface area contributed by atoms with E-state index in [0.717, 1.165) is 35.6 Å². The van der Waals surface area contributed by atoms with E-state index in [1.54, 1.807) is 24.4 Å². The average Bonchev–Trinajstić information content (AvgIpc) is 3.23. The summed E-state index contributed by atoms with van der Waals surface area (Å²) in [5, 5.41) is 0. The van der Waals surface area contributed by atoms with Crippen LogP contribution < -0.4 is 4.72 Å². The Hall–Kier alpha value is -2.12. The molecule has 0 atom stereocenters. The zero-order valence-electron chi connectivity index (χ0n) is 14.4. The molecule has 0 unspecified atom stereocenters. The lowest BCUT2D eigenvalue weighted by atomic mass is 9.85. The molecule has 7 heteroatoms. The summed E-state index contributed by atoms with van der Waals surface area (Å²) >= 11 is 1.19.